The van der Waals surface area contributed by atoms with Crippen LogP contribution in [0.4, 0.5) is 0 Å². The second-order valence-corrected chi connectivity index (χ2v) is 9.41. The Morgan fingerprint density at radius 1 is 1.42 bits per heavy atom. The van der Waals surface area contributed by atoms with Crippen LogP contribution in [0.3, 0.4) is 0 Å². The zero-order valence-electron chi connectivity index (χ0n) is 12.7. The van der Waals surface area contributed by atoms with Crippen molar-refractivity contribution in [3.8, 4) is 0 Å². The maximum absolute atomic E-state index is 12.4. The van der Waals surface area contributed by atoms with E-state index in [1.807, 2.05) is 0 Å². The van der Waals surface area contributed by atoms with E-state index in [1.165, 1.54) is 12.1 Å². The van der Waals surface area contributed by atoms with Gasteiger partial charge in [-0.05, 0) is 11.4 Å². The Labute approximate surface area is 160 Å². The Balaban J connectivity index is 1.81. The number of thioether (sulfide) groups is 1. The summed E-state index contributed by atoms with van der Waals surface area (Å²) in [6.45, 7) is 0. The lowest BCUT2D eigenvalue weighted by Crippen LogP contribution is -2.70. The molecule has 1 saturated heterocycles. The molecule has 3 atom stereocenters. The minimum Gasteiger partial charge on any atom is -0.477 e. The molecule has 140 valence electrons. The molecule has 2 unspecified atom stereocenters. The van der Waals surface area contributed by atoms with Gasteiger partial charge in [0, 0.05) is 10.6 Å². The van der Waals surface area contributed by atoms with Crippen molar-refractivity contribution in [2.24, 2.45) is 0 Å². The van der Waals surface area contributed by atoms with Crippen molar-refractivity contribution in [1.29, 1.82) is 0 Å². The van der Waals surface area contributed by atoms with Gasteiger partial charge in [-0.2, -0.15) is 8.42 Å². The molecule has 1 fully saturated rings. The number of amides is 2. The van der Waals surface area contributed by atoms with Crippen molar-refractivity contribution in [3.05, 3.63) is 33.1 Å². The SMILES string of the molecule is O=C(O)C1=C(Cl)CS[C@@H]2C(NC(=O)C(c3cccs3)S(=O)(=O)O)C(=O)N12. The summed E-state index contributed by atoms with van der Waals surface area (Å²) in [6.07, 6.45) is 0. The third-order valence-electron chi connectivity index (χ3n) is 3.76. The first-order valence-corrected chi connectivity index (χ1v) is 10.8. The lowest BCUT2D eigenvalue weighted by atomic mass is 10.0. The van der Waals surface area contributed by atoms with E-state index in [9.17, 15) is 32.5 Å². The third-order valence-corrected chi connectivity index (χ3v) is 7.66. The van der Waals surface area contributed by atoms with Crippen LogP contribution in [0.1, 0.15) is 10.1 Å². The summed E-state index contributed by atoms with van der Waals surface area (Å²) < 4.78 is 32.6. The van der Waals surface area contributed by atoms with Crippen LogP contribution < -0.4 is 5.32 Å². The van der Waals surface area contributed by atoms with Gasteiger partial charge in [-0.3, -0.25) is 19.0 Å². The molecule has 9 nitrogen and oxygen atoms in total. The van der Waals surface area contributed by atoms with E-state index >= 15 is 0 Å². The van der Waals surface area contributed by atoms with Crippen LogP contribution in [0.15, 0.2) is 28.2 Å². The summed E-state index contributed by atoms with van der Waals surface area (Å²) in [5.74, 6) is -3.01. The second kappa shape index (κ2) is 6.85. The van der Waals surface area contributed by atoms with Crippen LogP contribution in [0.2, 0.25) is 0 Å². The number of fused-ring (bicyclic) bond motifs is 1. The number of aliphatic carboxylic acids is 1. The molecule has 26 heavy (non-hydrogen) atoms. The highest BCUT2D eigenvalue weighted by Crippen LogP contribution is 2.41. The molecule has 3 N–H and O–H groups in total. The van der Waals surface area contributed by atoms with Crippen molar-refractivity contribution in [3.63, 3.8) is 0 Å². The van der Waals surface area contributed by atoms with E-state index < -0.39 is 44.6 Å². The number of nitrogens with one attached hydrogen (secondary N) is 1. The Hall–Kier alpha value is -1.60. The van der Waals surface area contributed by atoms with Gasteiger partial charge in [0.1, 0.15) is 17.1 Å². The monoisotopic (exact) mass is 438 g/mol. The number of halogens is 1. The van der Waals surface area contributed by atoms with E-state index in [0.29, 0.717) is 0 Å². The molecular formula is C13H11ClN2O7S3. The van der Waals surface area contributed by atoms with Gasteiger partial charge < -0.3 is 10.4 Å². The summed E-state index contributed by atoms with van der Waals surface area (Å²) in [7, 11) is -4.75. The highest BCUT2D eigenvalue weighted by molar-refractivity contribution is 8.00. The maximum atomic E-state index is 12.4. The van der Waals surface area contributed by atoms with Gasteiger partial charge in [0.05, 0.1) is 5.03 Å². The normalized spacial score (nSPS) is 23.9. The molecule has 2 aliphatic heterocycles. The van der Waals surface area contributed by atoms with Crippen LogP contribution in [0, 0.1) is 0 Å². The molecule has 3 rings (SSSR count). The molecule has 0 radical (unpaired) electrons. The van der Waals surface area contributed by atoms with Gasteiger partial charge in [-0.1, -0.05) is 17.7 Å². The minimum atomic E-state index is -4.75. The number of carbonyl (C=O) groups excluding carboxylic acids is 2. The highest BCUT2D eigenvalue weighted by Gasteiger charge is 2.55. The molecule has 2 aliphatic rings. The minimum absolute atomic E-state index is 0.00581. The first-order valence-electron chi connectivity index (χ1n) is 6.99. The fourth-order valence-electron chi connectivity index (χ4n) is 2.66. The van der Waals surface area contributed by atoms with Crippen molar-refractivity contribution in [2.45, 2.75) is 16.7 Å². The number of nitrogens with zero attached hydrogens (tertiary/aromatic N) is 1. The predicted octanol–water partition coefficient (Wildman–Crippen LogP) is 0.612. The average Bonchev–Trinajstić information content (AvgIpc) is 3.04. The largest absolute Gasteiger partial charge is 0.477 e. The number of β-lactam (4-membered cyclic amide) rings is 1. The molecule has 1 aromatic heterocycles. The van der Waals surface area contributed by atoms with Crippen LogP contribution >= 0.6 is 34.7 Å². The fourth-order valence-corrected chi connectivity index (χ4v) is 6.16. The van der Waals surface area contributed by atoms with Crippen molar-refractivity contribution in [2.75, 3.05) is 5.75 Å². The third kappa shape index (κ3) is 3.22. The molecule has 13 heteroatoms. The maximum Gasteiger partial charge on any atom is 0.353 e. The van der Waals surface area contributed by atoms with Gasteiger partial charge in [0.2, 0.25) is 5.91 Å². The second-order valence-electron chi connectivity index (χ2n) is 5.37. The van der Waals surface area contributed by atoms with E-state index in [2.05, 4.69) is 5.32 Å². The van der Waals surface area contributed by atoms with E-state index in [-0.39, 0.29) is 21.4 Å². The first-order chi connectivity index (χ1) is 12.1. The van der Waals surface area contributed by atoms with Gasteiger partial charge in [0.25, 0.3) is 16.0 Å². The number of carboxylic acid groups (broad SMARTS) is 1. The Bertz CT molecular complexity index is 912. The lowest BCUT2D eigenvalue weighted by molar-refractivity contribution is -0.150. The highest BCUT2D eigenvalue weighted by atomic mass is 35.5. The van der Waals surface area contributed by atoms with Crippen molar-refractivity contribution < 1.29 is 32.5 Å². The van der Waals surface area contributed by atoms with E-state index in [1.54, 1.807) is 5.38 Å². The van der Waals surface area contributed by atoms with Crippen molar-refractivity contribution in [1.82, 2.24) is 10.2 Å². The number of thiophene rings is 1. The standard InChI is InChI=1S/C13H11ClN2O7S3/c14-5-4-25-12-7(11(18)16(12)8(5)13(19)20)15-10(17)9(26(21,22)23)6-2-1-3-24-6/h1-3,7,9,12H,4H2,(H,15,17)(H,19,20)(H,21,22,23)/t7?,9?,12-/m1/s1. The van der Waals surface area contributed by atoms with E-state index in [0.717, 1.165) is 28.0 Å². The summed E-state index contributed by atoms with van der Waals surface area (Å²) in [5, 5.41) is 10.5. The van der Waals surface area contributed by atoms with Crippen LogP contribution in [-0.2, 0) is 24.5 Å². The molecule has 0 bridgehead atoms. The summed E-state index contributed by atoms with van der Waals surface area (Å²) in [6, 6.07) is 1.78. The number of hydrogen-bond acceptors (Lipinski definition) is 7. The molecular weight excluding hydrogens is 428 g/mol. The molecule has 0 aromatic carbocycles. The summed E-state index contributed by atoms with van der Waals surface area (Å²) in [4.78, 5) is 37.0. The van der Waals surface area contributed by atoms with Crippen LogP contribution in [0.25, 0.3) is 0 Å². The fraction of sp³-hybridized carbons (Fsp3) is 0.308. The molecule has 0 spiro atoms. The van der Waals surface area contributed by atoms with Gasteiger partial charge >= 0.3 is 5.97 Å². The Kier molecular flexibility index (Phi) is 5.05. The average molecular weight is 439 g/mol. The van der Waals surface area contributed by atoms with Crippen LogP contribution in [0.5, 0.6) is 0 Å². The molecule has 0 saturated carbocycles. The van der Waals surface area contributed by atoms with Crippen LogP contribution in [-0.4, -0.2) is 57.9 Å². The molecule has 2 amide bonds. The quantitative estimate of drug-likeness (QED) is 0.448. The van der Waals surface area contributed by atoms with Gasteiger partial charge in [0.15, 0.2) is 5.25 Å². The number of carbonyl (C=O) groups is 3. The predicted molar refractivity (Wildman–Crippen MR) is 94.1 cm³/mol. The lowest BCUT2D eigenvalue weighted by Gasteiger charge is -2.48. The Morgan fingerprint density at radius 2 is 2.12 bits per heavy atom. The number of rotatable bonds is 5. The summed E-state index contributed by atoms with van der Waals surface area (Å²) >= 11 is 7.96. The zero-order chi connectivity index (χ0) is 19.2. The van der Waals surface area contributed by atoms with Gasteiger partial charge in [-0.15, -0.1) is 23.1 Å². The first kappa shape index (κ1) is 19.2. The topological polar surface area (TPSA) is 141 Å². The summed E-state index contributed by atoms with van der Waals surface area (Å²) in [5.41, 5.74) is -0.351. The molecule has 0 aliphatic carbocycles. The number of carboxylic acids is 1. The van der Waals surface area contributed by atoms with Gasteiger partial charge in [-0.25, -0.2) is 4.79 Å². The smallest absolute Gasteiger partial charge is 0.353 e. The number of hydrogen-bond donors (Lipinski definition) is 3. The molecule has 1 aromatic rings. The van der Waals surface area contributed by atoms with E-state index in [4.69, 9.17) is 11.6 Å². The zero-order valence-corrected chi connectivity index (χ0v) is 15.9. The molecule has 3 heterocycles. The Morgan fingerprint density at radius 3 is 2.65 bits per heavy atom. The van der Waals surface area contributed by atoms with Crippen molar-refractivity contribution >= 4 is 62.6 Å².